The maximum absolute atomic E-state index is 13.7. The number of anilines is 1. The number of nitrogens with two attached hydrogens (primary N) is 1. The molecule has 13 heteroatoms. The summed E-state index contributed by atoms with van der Waals surface area (Å²) in [5.41, 5.74) is 6.77. The molecule has 3 N–H and O–H groups in total. The molecule has 39 heavy (non-hydrogen) atoms. The van der Waals surface area contributed by atoms with Crippen LogP contribution in [0.25, 0.3) is 21.3 Å². The number of primary amides is 1. The van der Waals surface area contributed by atoms with E-state index in [9.17, 15) is 18.4 Å². The minimum atomic E-state index is -2.86. The number of carbonyl (C=O) groups is 2. The number of nitrogens with zero attached hydrogens (tertiary/aromatic N) is 3. The Labute approximate surface area is 238 Å². The van der Waals surface area contributed by atoms with Gasteiger partial charge in [0.05, 0.1) is 11.9 Å². The summed E-state index contributed by atoms with van der Waals surface area (Å²) in [6.07, 6.45) is -1.33. The molecule has 0 aliphatic carbocycles. The highest BCUT2D eigenvalue weighted by atomic mass is 127. The zero-order valence-electron chi connectivity index (χ0n) is 20.5. The molecule has 0 aliphatic rings. The summed E-state index contributed by atoms with van der Waals surface area (Å²) in [6, 6.07) is 11.7. The molecule has 5 rings (SSSR count). The third kappa shape index (κ3) is 5.36. The number of halogens is 3. The number of nitrogens with one attached hydrogen (secondary N) is 1. The molecular weight excluding hydrogens is 643 g/mol. The minimum Gasteiger partial charge on any atom is -0.486 e. The Kier molecular flexibility index (Phi) is 7.36. The van der Waals surface area contributed by atoms with Gasteiger partial charge in [0.2, 0.25) is 0 Å². The van der Waals surface area contributed by atoms with Gasteiger partial charge in [-0.05, 0) is 77.5 Å². The van der Waals surface area contributed by atoms with E-state index < -0.39 is 23.9 Å². The van der Waals surface area contributed by atoms with Crippen molar-refractivity contribution >= 4 is 61.6 Å². The first kappa shape index (κ1) is 26.7. The van der Waals surface area contributed by atoms with Crippen LogP contribution in [0.5, 0.6) is 5.75 Å². The number of aromatic nitrogens is 3. The van der Waals surface area contributed by atoms with Crippen LogP contribution in [-0.4, -0.2) is 26.6 Å². The van der Waals surface area contributed by atoms with Crippen molar-refractivity contribution in [1.82, 2.24) is 14.8 Å². The van der Waals surface area contributed by atoms with E-state index in [1.54, 1.807) is 24.7 Å². The number of rotatable bonds is 8. The molecule has 0 saturated carbocycles. The smallest absolute Gasteiger partial charge is 0.291 e. The van der Waals surface area contributed by atoms with Gasteiger partial charge in [-0.1, -0.05) is 0 Å². The van der Waals surface area contributed by atoms with Crippen molar-refractivity contribution in [2.75, 3.05) is 5.32 Å². The highest BCUT2D eigenvalue weighted by molar-refractivity contribution is 14.1. The molecular formula is C26H20F2IN5O4S. The predicted molar refractivity (Wildman–Crippen MR) is 150 cm³/mol. The Balaban J connectivity index is 1.51. The van der Waals surface area contributed by atoms with Crippen LogP contribution in [0.15, 0.2) is 53.1 Å². The lowest BCUT2D eigenvalue weighted by molar-refractivity contribution is 0.0992. The van der Waals surface area contributed by atoms with Gasteiger partial charge in [0.25, 0.3) is 18.2 Å². The average molecular weight is 663 g/mol. The van der Waals surface area contributed by atoms with E-state index in [0.717, 1.165) is 14.9 Å². The van der Waals surface area contributed by atoms with Crippen molar-refractivity contribution in [2.24, 2.45) is 12.8 Å². The van der Waals surface area contributed by atoms with Crippen molar-refractivity contribution in [3.8, 4) is 16.9 Å². The topological polar surface area (TPSA) is 125 Å². The highest BCUT2D eigenvalue weighted by Gasteiger charge is 2.27. The van der Waals surface area contributed by atoms with Crippen molar-refractivity contribution in [3.63, 3.8) is 0 Å². The molecule has 1 aromatic carbocycles. The van der Waals surface area contributed by atoms with Gasteiger partial charge in [-0.2, -0.15) is 5.10 Å². The highest BCUT2D eigenvalue weighted by Crippen LogP contribution is 2.43. The standard InChI is InChI=1S/C26H20F2IN5O4S/c1-12-17(10-31-34(12)2)16-9-18(23(27)28)32-26-20(16)21(22(39-26)24(30)35)33-25(36)19-8-7-15(38-19)11-37-14-5-3-13(29)4-6-14/h3-10,23H,11H2,1-2H3,(H2,30,35)(H,33,36). The second kappa shape index (κ2) is 10.7. The molecule has 4 heterocycles. The van der Waals surface area contributed by atoms with Gasteiger partial charge in [-0.25, -0.2) is 13.8 Å². The number of benzene rings is 1. The maximum atomic E-state index is 13.7. The lowest BCUT2D eigenvalue weighted by Gasteiger charge is -2.10. The Bertz CT molecular complexity index is 1710. The van der Waals surface area contributed by atoms with Gasteiger partial charge in [0, 0.05) is 27.3 Å². The van der Waals surface area contributed by atoms with E-state index in [1.807, 2.05) is 24.3 Å². The van der Waals surface area contributed by atoms with Crippen LogP contribution in [0, 0.1) is 10.5 Å². The first-order chi connectivity index (χ1) is 18.6. The summed E-state index contributed by atoms with van der Waals surface area (Å²) < 4.78 is 41.5. The molecule has 0 saturated heterocycles. The van der Waals surface area contributed by atoms with Crippen LogP contribution in [0.1, 0.15) is 43.8 Å². The second-order valence-electron chi connectivity index (χ2n) is 8.48. The number of hydrogen-bond donors (Lipinski definition) is 2. The van der Waals surface area contributed by atoms with Crippen LogP contribution in [0.4, 0.5) is 14.5 Å². The number of amides is 2. The van der Waals surface area contributed by atoms with Crippen LogP contribution < -0.4 is 15.8 Å². The van der Waals surface area contributed by atoms with E-state index in [1.165, 1.54) is 18.3 Å². The van der Waals surface area contributed by atoms with E-state index in [2.05, 4.69) is 38.0 Å². The number of hydrogen-bond acceptors (Lipinski definition) is 7. The number of carbonyl (C=O) groups excluding carboxylic acids is 2. The summed E-state index contributed by atoms with van der Waals surface area (Å²) in [5.74, 6) is -0.500. The zero-order valence-corrected chi connectivity index (χ0v) is 23.5. The van der Waals surface area contributed by atoms with Gasteiger partial charge in [0.15, 0.2) is 5.76 Å². The Morgan fingerprint density at radius 3 is 2.59 bits per heavy atom. The fourth-order valence-electron chi connectivity index (χ4n) is 3.94. The van der Waals surface area contributed by atoms with E-state index in [4.69, 9.17) is 14.9 Å². The largest absolute Gasteiger partial charge is 0.486 e. The lowest BCUT2D eigenvalue weighted by Crippen LogP contribution is -2.16. The number of aryl methyl sites for hydroxylation is 1. The van der Waals surface area contributed by atoms with Crippen LogP contribution in [-0.2, 0) is 13.7 Å². The first-order valence-electron chi connectivity index (χ1n) is 11.4. The number of alkyl halides is 2. The summed E-state index contributed by atoms with van der Waals surface area (Å²) >= 11 is 3.01. The van der Waals surface area contributed by atoms with Crippen molar-refractivity contribution < 1.29 is 27.5 Å². The molecule has 4 aromatic heterocycles. The van der Waals surface area contributed by atoms with Crippen molar-refractivity contribution in [1.29, 1.82) is 0 Å². The number of pyridine rings is 1. The second-order valence-corrected chi connectivity index (χ2v) is 10.7. The zero-order chi connectivity index (χ0) is 27.8. The molecule has 0 bridgehead atoms. The summed E-state index contributed by atoms with van der Waals surface area (Å²) in [4.78, 5) is 29.7. The Morgan fingerprint density at radius 1 is 1.21 bits per heavy atom. The van der Waals surface area contributed by atoms with Gasteiger partial charge >= 0.3 is 0 Å². The van der Waals surface area contributed by atoms with E-state index in [-0.39, 0.29) is 27.8 Å². The lowest BCUT2D eigenvalue weighted by atomic mass is 10.0. The molecule has 0 radical (unpaired) electrons. The normalized spacial score (nSPS) is 11.3. The molecule has 200 valence electrons. The SMILES string of the molecule is Cc1c(-c2cc(C(F)F)nc3sc(C(N)=O)c(NC(=O)c4ccc(COc5ccc(I)cc5)o4)c23)cnn1C. The molecule has 0 atom stereocenters. The summed E-state index contributed by atoms with van der Waals surface area (Å²) in [7, 11) is 1.72. The van der Waals surface area contributed by atoms with E-state index >= 15 is 0 Å². The first-order valence-corrected chi connectivity index (χ1v) is 13.3. The van der Waals surface area contributed by atoms with Gasteiger partial charge in [0.1, 0.15) is 33.5 Å². The number of thiophene rings is 1. The molecule has 5 aromatic rings. The molecule has 9 nitrogen and oxygen atoms in total. The quantitative estimate of drug-likeness (QED) is 0.194. The Morgan fingerprint density at radius 2 is 1.95 bits per heavy atom. The predicted octanol–water partition coefficient (Wildman–Crippen LogP) is 6.07. The van der Waals surface area contributed by atoms with Crippen LogP contribution >= 0.6 is 33.9 Å². The summed E-state index contributed by atoms with van der Waals surface area (Å²) in [6.45, 7) is 1.87. The number of ether oxygens (including phenoxy) is 1. The fraction of sp³-hybridized carbons (Fsp3) is 0.154. The molecule has 0 fully saturated rings. The average Bonchev–Trinajstić information content (AvgIpc) is 3.61. The van der Waals surface area contributed by atoms with Crippen molar-refractivity contribution in [2.45, 2.75) is 20.0 Å². The minimum absolute atomic E-state index is 0.0334. The Hall–Kier alpha value is -3.85. The monoisotopic (exact) mass is 663 g/mol. The third-order valence-electron chi connectivity index (χ3n) is 5.97. The maximum Gasteiger partial charge on any atom is 0.291 e. The molecule has 2 amide bonds. The van der Waals surface area contributed by atoms with Crippen LogP contribution in [0.2, 0.25) is 0 Å². The number of furan rings is 1. The third-order valence-corrected chi connectivity index (χ3v) is 7.79. The van der Waals surface area contributed by atoms with Crippen molar-refractivity contribution in [3.05, 3.63) is 80.0 Å². The van der Waals surface area contributed by atoms with Gasteiger partial charge < -0.3 is 20.2 Å². The van der Waals surface area contributed by atoms with Gasteiger partial charge in [-0.3, -0.25) is 14.3 Å². The fourth-order valence-corrected chi connectivity index (χ4v) is 5.31. The van der Waals surface area contributed by atoms with Gasteiger partial charge in [-0.15, -0.1) is 11.3 Å². The van der Waals surface area contributed by atoms with E-state index in [0.29, 0.717) is 33.7 Å². The molecule has 0 spiro atoms. The molecule has 0 unspecified atom stereocenters. The summed E-state index contributed by atoms with van der Waals surface area (Å²) in [5, 5.41) is 7.20. The van der Waals surface area contributed by atoms with Crippen LogP contribution in [0.3, 0.4) is 0 Å². The number of fused-ring (bicyclic) bond motifs is 1. The molecule has 0 aliphatic heterocycles.